The van der Waals surface area contributed by atoms with Crippen LogP contribution >= 0.6 is 11.3 Å². The second-order valence-electron chi connectivity index (χ2n) is 6.77. The predicted octanol–water partition coefficient (Wildman–Crippen LogP) is 2.97. The number of carbonyl (C=O) groups excluding carboxylic acids is 3. The lowest BCUT2D eigenvalue weighted by molar-refractivity contribution is -0.117. The summed E-state index contributed by atoms with van der Waals surface area (Å²) in [5.74, 6) is -1.13. The van der Waals surface area contributed by atoms with E-state index in [9.17, 15) is 14.4 Å². The number of amides is 2. The maximum absolute atomic E-state index is 12.6. The molecule has 0 unspecified atom stereocenters. The van der Waals surface area contributed by atoms with Crippen molar-refractivity contribution in [3.63, 3.8) is 0 Å². The topological polar surface area (TPSA) is 87.7 Å². The maximum Gasteiger partial charge on any atom is 0.341 e. The molecule has 1 aromatic carbocycles. The molecule has 8 heteroatoms. The molecule has 2 amide bonds. The van der Waals surface area contributed by atoms with Crippen molar-refractivity contribution >= 4 is 34.1 Å². The molecule has 2 aromatic rings. The fourth-order valence-electron chi connectivity index (χ4n) is 2.85. The van der Waals surface area contributed by atoms with Crippen LogP contribution in [0.25, 0.3) is 0 Å². The zero-order chi connectivity index (χ0) is 21.6. The molecule has 1 aromatic heterocycles. The first-order chi connectivity index (χ1) is 13.8. The molecule has 7 nitrogen and oxygen atoms in total. The first kappa shape index (κ1) is 22.6. The Morgan fingerprint density at radius 3 is 2.38 bits per heavy atom. The van der Waals surface area contributed by atoms with Gasteiger partial charge in [-0.3, -0.25) is 14.5 Å². The van der Waals surface area contributed by atoms with Gasteiger partial charge < -0.3 is 15.4 Å². The van der Waals surface area contributed by atoms with Crippen LogP contribution in [0.5, 0.6) is 0 Å². The van der Waals surface area contributed by atoms with Crippen LogP contribution in [0.2, 0.25) is 0 Å². The second-order valence-corrected chi connectivity index (χ2v) is 7.79. The monoisotopic (exact) mass is 417 g/mol. The van der Waals surface area contributed by atoms with Gasteiger partial charge in [-0.2, -0.15) is 0 Å². The van der Waals surface area contributed by atoms with Crippen molar-refractivity contribution < 1.29 is 19.1 Å². The van der Waals surface area contributed by atoms with Gasteiger partial charge in [0.15, 0.2) is 0 Å². The number of rotatable bonds is 8. The van der Waals surface area contributed by atoms with E-state index in [1.54, 1.807) is 13.8 Å². The lowest BCUT2D eigenvalue weighted by Crippen LogP contribution is -2.30. The molecule has 1 heterocycles. The summed E-state index contributed by atoms with van der Waals surface area (Å²) >= 11 is 1.07. The minimum Gasteiger partial charge on any atom is -0.462 e. The number of hydrogen-bond acceptors (Lipinski definition) is 6. The van der Waals surface area contributed by atoms with E-state index >= 15 is 0 Å². The average molecular weight is 418 g/mol. The van der Waals surface area contributed by atoms with E-state index in [4.69, 9.17) is 4.74 Å². The molecule has 0 spiro atoms. The summed E-state index contributed by atoms with van der Waals surface area (Å²) in [6.45, 7) is 6.37. The lowest BCUT2D eigenvalue weighted by atomic mass is 10.1. The van der Waals surface area contributed by atoms with Crippen LogP contribution in [0.4, 0.5) is 5.00 Å². The highest BCUT2D eigenvalue weighted by Crippen LogP contribution is 2.33. The molecule has 0 saturated heterocycles. The number of carbonyl (C=O) groups is 3. The minimum atomic E-state index is -0.556. The van der Waals surface area contributed by atoms with Crippen LogP contribution < -0.4 is 10.6 Å². The van der Waals surface area contributed by atoms with E-state index in [0.29, 0.717) is 22.0 Å². The van der Waals surface area contributed by atoms with Crippen LogP contribution in [0.1, 0.15) is 43.6 Å². The Labute approximate surface area is 175 Å². The number of aryl methyl sites for hydroxylation is 1. The Morgan fingerprint density at radius 2 is 1.79 bits per heavy atom. The number of likely N-dealkylation sites (N-methyl/N-ethyl adjacent to an activating group) is 1. The van der Waals surface area contributed by atoms with E-state index in [1.807, 2.05) is 43.1 Å². The van der Waals surface area contributed by atoms with Gasteiger partial charge in [0, 0.05) is 13.6 Å². The number of thiophene rings is 1. The third kappa shape index (κ3) is 5.88. The number of nitrogens with one attached hydrogen (secondary N) is 2. The van der Waals surface area contributed by atoms with Gasteiger partial charge in [0.1, 0.15) is 5.00 Å². The van der Waals surface area contributed by atoms with Gasteiger partial charge in [-0.1, -0.05) is 29.8 Å². The summed E-state index contributed by atoms with van der Waals surface area (Å²) in [7, 11) is 3.37. The predicted molar refractivity (Wildman–Crippen MR) is 115 cm³/mol. The summed E-state index contributed by atoms with van der Waals surface area (Å²) < 4.78 is 5.10. The summed E-state index contributed by atoms with van der Waals surface area (Å²) in [5, 5.41) is 5.65. The summed E-state index contributed by atoms with van der Waals surface area (Å²) in [6, 6.07) is 8.12. The van der Waals surface area contributed by atoms with Gasteiger partial charge in [0.05, 0.1) is 23.6 Å². The zero-order valence-electron chi connectivity index (χ0n) is 17.4. The molecular weight excluding hydrogens is 390 g/mol. The fraction of sp³-hybridized carbons (Fsp3) is 0.381. The van der Waals surface area contributed by atoms with Crippen LogP contribution in [-0.4, -0.2) is 49.9 Å². The summed E-state index contributed by atoms with van der Waals surface area (Å²) in [6.07, 6.45) is 0. The molecule has 0 fully saturated rings. The van der Waals surface area contributed by atoms with E-state index in [1.165, 1.54) is 12.6 Å². The third-order valence-electron chi connectivity index (χ3n) is 4.30. The Hall–Kier alpha value is -2.71. The molecule has 2 rings (SSSR count). The smallest absolute Gasteiger partial charge is 0.341 e. The number of esters is 1. The van der Waals surface area contributed by atoms with Crippen molar-refractivity contribution in [3.8, 4) is 0 Å². The molecule has 29 heavy (non-hydrogen) atoms. The van der Waals surface area contributed by atoms with E-state index in [0.717, 1.165) is 16.9 Å². The van der Waals surface area contributed by atoms with Crippen molar-refractivity contribution in [2.45, 2.75) is 27.3 Å². The van der Waals surface area contributed by atoms with Gasteiger partial charge in [-0.15, -0.1) is 11.3 Å². The number of anilines is 1. The Bertz CT molecular complexity index is 890. The van der Waals surface area contributed by atoms with E-state index in [-0.39, 0.29) is 30.5 Å². The van der Waals surface area contributed by atoms with Crippen molar-refractivity contribution in [1.29, 1.82) is 0 Å². The van der Waals surface area contributed by atoms with Gasteiger partial charge >= 0.3 is 5.97 Å². The van der Waals surface area contributed by atoms with Gasteiger partial charge in [0.2, 0.25) is 5.91 Å². The zero-order valence-corrected chi connectivity index (χ0v) is 18.2. The first-order valence-corrected chi connectivity index (χ1v) is 10.1. The van der Waals surface area contributed by atoms with Crippen molar-refractivity contribution in [3.05, 3.63) is 51.4 Å². The normalized spacial score (nSPS) is 10.7. The number of hydrogen-bond donors (Lipinski definition) is 2. The largest absolute Gasteiger partial charge is 0.462 e. The number of ether oxygens (including phenoxy) is 1. The van der Waals surface area contributed by atoms with Crippen molar-refractivity contribution in [2.75, 3.05) is 32.6 Å². The lowest BCUT2D eigenvalue weighted by Gasteiger charge is -2.16. The Morgan fingerprint density at radius 1 is 1.14 bits per heavy atom. The Kier molecular flexibility index (Phi) is 7.92. The highest BCUT2D eigenvalue weighted by molar-refractivity contribution is 7.18. The molecule has 0 atom stereocenters. The van der Waals surface area contributed by atoms with Gasteiger partial charge in [-0.05, 0) is 38.9 Å². The van der Waals surface area contributed by atoms with Crippen molar-refractivity contribution in [2.24, 2.45) is 0 Å². The molecule has 0 aliphatic heterocycles. The molecule has 0 aliphatic carbocycles. The summed E-state index contributed by atoms with van der Waals surface area (Å²) in [5.41, 5.74) is 3.01. The molecule has 0 saturated carbocycles. The molecule has 156 valence electrons. The molecule has 0 radical (unpaired) electrons. The molecule has 2 N–H and O–H groups in total. The van der Waals surface area contributed by atoms with E-state index in [2.05, 4.69) is 10.6 Å². The van der Waals surface area contributed by atoms with Gasteiger partial charge in [-0.25, -0.2) is 4.79 Å². The molecule has 0 aliphatic rings. The quantitative estimate of drug-likeness (QED) is 0.645. The minimum absolute atomic E-state index is 0.141. The second kappa shape index (κ2) is 10.2. The van der Waals surface area contributed by atoms with Crippen LogP contribution in [0.3, 0.4) is 0 Å². The summed E-state index contributed by atoms with van der Waals surface area (Å²) in [4.78, 5) is 39.3. The molecule has 0 bridgehead atoms. The standard InChI is InChI=1S/C21H27N3O4S/c1-6-28-21(27)17-14(3)18(19(26)22-4)29-20(17)23-16(25)12-24(5)11-15-9-7-13(2)8-10-15/h7-10H,6,11-12H2,1-5H3,(H,22,26)(H,23,25). The van der Waals surface area contributed by atoms with Crippen LogP contribution in [0.15, 0.2) is 24.3 Å². The highest BCUT2D eigenvalue weighted by atomic mass is 32.1. The first-order valence-electron chi connectivity index (χ1n) is 9.33. The fourth-order valence-corrected chi connectivity index (χ4v) is 4.01. The molecular formula is C21H27N3O4S. The number of benzene rings is 1. The van der Waals surface area contributed by atoms with Crippen LogP contribution in [-0.2, 0) is 16.1 Å². The highest BCUT2D eigenvalue weighted by Gasteiger charge is 2.26. The van der Waals surface area contributed by atoms with Crippen LogP contribution in [0, 0.1) is 13.8 Å². The average Bonchev–Trinajstić information content (AvgIpc) is 2.98. The van der Waals surface area contributed by atoms with Crippen molar-refractivity contribution in [1.82, 2.24) is 10.2 Å². The third-order valence-corrected chi connectivity index (χ3v) is 5.51. The maximum atomic E-state index is 12.6. The number of nitrogens with zero attached hydrogens (tertiary/aromatic N) is 1. The SMILES string of the molecule is CCOC(=O)c1c(NC(=O)CN(C)Cc2ccc(C)cc2)sc(C(=O)NC)c1C. The Balaban J connectivity index is 2.14. The van der Waals surface area contributed by atoms with E-state index < -0.39 is 5.97 Å². The van der Waals surface area contributed by atoms with Gasteiger partial charge in [0.25, 0.3) is 5.91 Å².